The van der Waals surface area contributed by atoms with Crippen LogP contribution in [0.2, 0.25) is 0 Å². The first kappa shape index (κ1) is 9.51. The molecule has 1 rings (SSSR count). The first-order chi connectivity index (χ1) is 6.24. The van der Waals surface area contributed by atoms with E-state index in [-0.39, 0.29) is 12.5 Å². The van der Waals surface area contributed by atoms with Crippen LogP contribution in [0.15, 0.2) is 24.9 Å². The summed E-state index contributed by atoms with van der Waals surface area (Å²) in [6.45, 7) is 6.19. The van der Waals surface area contributed by atoms with Gasteiger partial charge in [-0.15, -0.1) is 6.58 Å². The van der Waals surface area contributed by atoms with Crippen molar-refractivity contribution >= 4 is 5.91 Å². The molecule has 0 saturated heterocycles. The zero-order valence-corrected chi connectivity index (χ0v) is 7.66. The van der Waals surface area contributed by atoms with Crippen molar-refractivity contribution in [1.29, 1.82) is 0 Å². The molecule has 1 aromatic heterocycles. The highest BCUT2D eigenvalue weighted by atomic mass is 16.2. The Morgan fingerprint density at radius 1 is 1.85 bits per heavy atom. The minimum Gasteiger partial charge on any atom is -0.351 e. The number of carbonyl (C=O) groups excluding carboxylic acids is 1. The zero-order valence-electron chi connectivity index (χ0n) is 7.66. The average Bonchev–Trinajstić information content (AvgIpc) is 2.48. The van der Waals surface area contributed by atoms with E-state index in [4.69, 9.17) is 0 Å². The molecule has 0 unspecified atom stereocenters. The second-order valence-corrected chi connectivity index (χ2v) is 2.72. The van der Waals surface area contributed by atoms with Crippen molar-refractivity contribution in [2.24, 2.45) is 0 Å². The summed E-state index contributed by atoms with van der Waals surface area (Å²) in [5, 5.41) is 6.67. The molecule has 0 aromatic carbocycles. The minimum atomic E-state index is -0.0494. The van der Waals surface area contributed by atoms with Crippen LogP contribution in [0.3, 0.4) is 0 Å². The Morgan fingerprint density at radius 2 is 2.62 bits per heavy atom. The first-order valence-electron chi connectivity index (χ1n) is 4.10. The third-order valence-corrected chi connectivity index (χ3v) is 1.67. The summed E-state index contributed by atoms with van der Waals surface area (Å²) < 4.78 is 1.65. The number of aryl methyl sites for hydroxylation is 1. The molecule has 0 aliphatic heterocycles. The molecule has 70 valence electrons. The quantitative estimate of drug-likeness (QED) is 0.684. The third-order valence-electron chi connectivity index (χ3n) is 1.67. The van der Waals surface area contributed by atoms with Gasteiger partial charge in [-0.3, -0.25) is 9.48 Å². The molecule has 0 radical (unpaired) electrons. The molecule has 4 heteroatoms. The number of hydrogen-bond acceptors (Lipinski definition) is 2. The van der Waals surface area contributed by atoms with Crippen molar-refractivity contribution in [3.05, 3.63) is 30.6 Å². The molecule has 1 N–H and O–H groups in total. The predicted octanol–water partition coefficient (Wildman–Crippen LogP) is 0.494. The van der Waals surface area contributed by atoms with Gasteiger partial charge < -0.3 is 5.32 Å². The molecule has 1 amide bonds. The van der Waals surface area contributed by atoms with Crippen molar-refractivity contribution in [2.75, 3.05) is 6.54 Å². The first-order valence-corrected chi connectivity index (χ1v) is 4.10. The van der Waals surface area contributed by atoms with Gasteiger partial charge in [-0.2, -0.15) is 5.10 Å². The Balaban J connectivity index is 2.45. The zero-order chi connectivity index (χ0) is 9.68. The Bertz CT molecular complexity index is 304. The fourth-order valence-electron chi connectivity index (χ4n) is 0.942. The van der Waals surface area contributed by atoms with Crippen LogP contribution >= 0.6 is 0 Å². The van der Waals surface area contributed by atoms with E-state index in [1.165, 1.54) is 0 Å². The Hall–Kier alpha value is -1.58. The average molecular weight is 179 g/mol. The summed E-state index contributed by atoms with van der Waals surface area (Å²) in [5.41, 5.74) is 0.980. The topological polar surface area (TPSA) is 46.9 Å². The lowest BCUT2D eigenvalue weighted by molar-refractivity contribution is -0.121. The molecule has 0 aliphatic rings. The molecule has 0 saturated carbocycles. The summed E-state index contributed by atoms with van der Waals surface area (Å²) in [7, 11) is 0. The van der Waals surface area contributed by atoms with Gasteiger partial charge in [0.2, 0.25) is 5.91 Å². The van der Waals surface area contributed by atoms with E-state index in [1.807, 2.05) is 13.0 Å². The summed E-state index contributed by atoms with van der Waals surface area (Å²) >= 11 is 0. The van der Waals surface area contributed by atoms with Gasteiger partial charge in [-0.05, 0) is 13.0 Å². The van der Waals surface area contributed by atoms with Crippen LogP contribution < -0.4 is 5.32 Å². The lowest BCUT2D eigenvalue weighted by atomic mass is 10.4. The molecule has 4 nitrogen and oxygen atoms in total. The van der Waals surface area contributed by atoms with E-state index in [2.05, 4.69) is 17.0 Å². The number of amides is 1. The number of nitrogens with one attached hydrogen (secondary N) is 1. The van der Waals surface area contributed by atoms with E-state index in [0.717, 1.165) is 5.69 Å². The molecule has 0 atom stereocenters. The molecule has 0 spiro atoms. The van der Waals surface area contributed by atoms with Crippen LogP contribution in [0.5, 0.6) is 0 Å². The molecular weight excluding hydrogens is 166 g/mol. The number of hydrogen-bond donors (Lipinski definition) is 1. The smallest absolute Gasteiger partial charge is 0.241 e. The summed E-state index contributed by atoms with van der Waals surface area (Å²) in [4.78, 5) is 11.2. The highest BCUT2D eigenvalue weighted by Crippen LogP contribution is 1.94. The molecule has 1 heterocycles. The summed E-state index contributed by atoms with van der Waals surface area (Å²) in [5.74, 6) is -0.0494. The van der Waals surface area contributed by atoms with Gasteiger partial charge in [0.15, 0.2) is 0 Å². The van der Waals surface area contributed by atoms with Gasteiger partial charge in [0.1, 0.15) is 6.54 Å². The third kappa shape index (κ3) is 2.74. The van der Waals surface area contributed by atoms with Gasteiger partial charge in [0.05, 0.1) is 0 Å². The summed E-state index contributed by atoms with van der Waals surface area (Å²) in [6, 6.07) is 1.86. The fraction of sp³-hybridized carbons (Fsp3) is 0.333. The molecule has 0 bridgehead atoms. The number of rotatable bonds is 4. The molecule has 0 fully saturated rings. The van der Waals surface area contributed by atoms with E-state index in [9.17, 15) is 4.79 Å². The van der Waals surface area contributed by atoms with E-state index >= 15 is 0 Å². The standard InChI is InChI=1S/C9H13N3O/c1-3-5-10-9(13)7-12-8(2)4-6-11-12/h3-4,6H,1,5,7H2,2H3,(H,10,13). The largest absolute Gasteiger partial charge is 0.351 e. The maximum absolute atomic E-state index is 11.2. The van der Waals surface area contributed by atoms with Gasteiger partial charge in [0, 0.05) is 18.4 Å². The van der Waals surface area contributed by atoms with Gasteiger partial charge >= 0.3 is 0 Å². The van der Waals surface area contributed by atoms with Gasteiger partial charge in [-0.25, -0.2) is 0 Å². The van der Waals surface area contributed by atoms with Crippen LogP contribution in [-0.2, 0) is 11.3 Å². The Labute approximate surface area is 77.3 Å². The minimum absolute atomic E-state index is 0.0494. The highest BCUT2D eigenvalue weighted by molar-refractivity contribution is 5.75. The molecule has 0 aliphatic carbocycles. The maximum atomic E-state index is 11.2. The van der Waals surface area contributed by atoms with Crippen LogP contribution in [-0.4, -0.2) is 22.2 Å². The molecule has 1 aromatic rings. The fourth-order valence-corrected chi connectivity index (χ4v) is 0.942. The number of carbonyl (C=O) groups is 1. The van der Waals surface area contributed by atoms with Crippen LogP contribution in [0.25, 0.3) is 0 Å². The van der Waals surface area contributed by atoms with Crippen LogP contribution in [0.4, 0.5) is 0 Å². The van der Waals surface area contributed by atoms with Crippen molar-refractivity contribution in [2.45, 2.75) is 13.5 Å². The highest BCUT2D eigenvalue weighted by Gasteiger charge is 2.02. The summed E-state index contributed by atoms with van der Waals surface area (Å²) in [6.07, 6.45) is 3.32. The SMILES string of the molecule is C=CCNC(=O)Cn1nccc1C. The second-order valence-electron chi connectivity index (χ2n) is 2.72. The Morgan fingerprint density at radius 3 is 3.15 bits per heavy atom. The monoisotopic (exact) mass is 179 g/mol. The van der Waals surface area contributed by atoms with Gasteiger partial charge in [0.25, 0.3) is 0 Å². The van der Waals surface area contributed by atoms with Crippen molar-refractivity contribution < 1.29 is 4.79 Å². The van der Waals surface area contributed by atoms with Crippen LogP contribution in [0, 0.1) is 6.92 Å². The number of aromatic nitrogens is 2. The second kappa shape index (κ2) is 4.45. The van der Waals surface area contributed by atoms with Crippen molar-refractivity contribution in [1.82, 2.24) is 15.1 Å². The van der Waals surface area contributed by atoms with E-state index in [1.54, 1.807) is 17.0 Å². The number of nitrogens with zero attached hydrogens (tertiary/aromatic N) is 2. The predicted molar refractivity (Wildman–Crippen MR) is 50.2 cm³/mol. The Kier molecular flexibility index (Phi) is 3.25. The lowest BCUT2D eigenvalue weighted by Crippen LogP contribution is -2.28. The van der Waals surface area contributed by atoms with E-state index in [0.29, 0.717) is 6.54 Å². The van der Waals surface area contributed by atoms with E-state index < -0.39 is 0 Å². The van der Waals surface area contributed by atoms with Crippen molar-refractivity contribution in [3.63, 3.8) is 0 Å². The maximum Gasteiger partial charge on any atom is 0.241 e. The normalized spacial score (nSPS) is 9.62. The van der Waals surface area contributed by atoms with Crippen LogP contribution in [0.1, 0.15) is 5.69 Å². The molecule has 13 heavy (non-hydrogen) atoms. The van der Waals surface area contributed by atoms with Gasteiger partial charge in [-0.1, -0.05) is 6.08 Å². The lowest BCUT2D eigenvalue weighted by Gasteiger charge is -2.03. The van der Waals surface area contributed by atoms with Crippen molar-refractivity contribution in [3.8, 4) is 0 Å². The molecular formula is C9H13N3O.